The van der Waals surface area contributed by atoms with Gasteiger partial charge < -0.3 is 19.4 Å². The first-order valence-corrected chi connectivity index (χ1v) is 19.3. The summed E-state index contributed by atoms with van der Waals surface area (Å²) in [7, 11) is 0. The number of carbonyl (C=O) groups excluding carboxylic acids is 5. The van der Waals surface area contributed by atoms with Crippen molar-refractivity contribution < 1.29 is 43.3 Å². The highest BCUT2D eigenvalue weighted by molar-refractivity contribution is 6.02. The number of carboxylic acid groups (broad SMARTS) is 1. The van der Waals surface area contributed by atoms with Crippen molar-refractivity contribution in [2.45, 2.75) is 120 Å². The predicted octanol–water partition coefficient (Wildman–Crippen LogP) is 9.85. The van der Waals surface area contributed by atoms with Crippen molar-refractivity contribution in [2.75, 3.05) is 0 Å². The molecule has 0 aliphatic heterocycles. The number of aldehydes is 1. The van der Waals surface area contributed by atoms with E-state index < -0.39 is 35.5 Å². The van der Waals surface area contributed by atoms with Crippen LogP contribution < -0.4 is 0 Å². The van der Waals surface area contributed by atoms with Gasteiger partial charge in [-0.3, -0.25) is 24.0 Å². The molecule has 57 heavy (non-hydrogen) atoms. The van der Waals surface area contributed by atoms with E-state index >= 15 is 0 Å². The minimum absolute atomic E-state index is 0.0286. The number of esters is 2. The number of rotatable bonds is 18. The fraction of sp³-hybridized carbons (Fsp3) is 0.417. The smallest absolute Gasteiger partial charge is 0.307 e. The summed E-state index contributed by atoms with van der Waals surface area (Å²) in [6.45, 7) is 19.5. The standard InChI is InChI=1S/C48H60O9/c1-32(18-13-20-34(3)23-25-38-36(5)45(54)40(30-47(38,7)8)56-43(52)22-15-29-49)16-11-12-17-33(2)19-14-21-35(4)24-26-39-37(6)46(55)41(31-48(39,9)10)57-44(53)28-27-42(50)51/h11-14,16-21,23-26,29,40-41H,15,22,27-28,30-31H2,1-10H3,(H,50,51)/b12-11+,18-13+,19-14+,25-23+,26-24+,32-16+,33-17+,34-20+,35-21+. The van der Waals surface area contributed by atoms with Crippen molar-refractivity contribution in [3.05, 3.63) is 130 Å². The van der Waals surface area contributed by atoms with Crippen LogP contribution in [-0.4, -0.2) is 53.1 Å². The molecule has 2 aliphatic carbocycles. The molecule has 0 saturated carbocycles. The van der Waals surface area contributed by atoms with Crippen LogP contribution in [0.3, 0.4) is 0 Å². The maximum absolute atomic E-state index is 13.0. The Balaban J connectivity index is 1.97. The van der Waals surface area contributed by atoms with Crippen molar-refractivity contribution >= 4 is 35.8 Å². The average molecular weight is 781 g/mol. The highest BCUT2D eigenvalue weighted by Gasteiger charge is 2.41. The Hall–Kier alpha value is -5.44. The summed E-state index contributed by atoms with van der Waals surface area (Å²) in [4.78, 5) is 71.4. The number of hydrogen-bond donors (Lipinski definition) is 1. The first-order chi connectivity index (χ1) is 26.7. The number of hydrogen-bond acceptors (Lipinski definition) is 8. The van der Waals surface area contributed by atoms with Crippen molar-refractivity contribution in [1.82, 2.24) is 0 Å². The molecular weight excluding hydrogens is 721 g/mol. The fourth-order valence-corrected chi connectivity index (χ4v) is 6.58. The van der Waals surface area contributed by atoms with Crippen LogP contribution in [0, 0.1) is 10.8 Å². The van der Waals surface area contributed by atoms with E-state index in [-0.39, 0.29) is 42.7 Å². The molecule has 0 saturated heterocycles. The molecule has 0 aromatic rings. The van der Waals surface area contributed by atoms with Crippen molar-refractivity contribution in [2.24, 2.45) is 10.8 Å². The Morgan fingerprint density at radius 1 is 0.614 bits per heavy atom. The van der Waals surface area contributed by atoms with Crippen molar-refractivity contribution in [3.8, 4) is 0 Å². The fourth-order valence-electron chi connectivity index (χ4n) is 6.58. The first-order valence-electron chi connectivity index (χ1n) is 19.3. The van der Waals surface area contributed by atoms with Gasteiger partial charge in [-0.2, -0.15) is 0 Å². The number of Topliss-reactive ketones (excluding diaryl/α,β-unsaturated/α-hetero) is 2. The lowest BCUT2D eigenvalue weighted by atomic mass is 9.71. The normalized spacial score (nSPS) is 21.2. The number of ketones is 2. The molecule has 2 aliphatic rings. The third-order valence-electron chi connectivity index (χ3n) is 9.83. The van der Waals surface area contributed by atoms with Crippen LogP contribution in [0.4, 0.5) is 0 Å². The number of carboxylic acids is 1. The Kier molecular flexibility index (Phi) is 18.7. The number of ether oxygens (including phenoxy) is 2. The zero-order valence-corrected chi connectivity index (χ0v) is 35.3. The van der Waals surface area contributed by atoms with E-state index in [2.05, 4.69) is 0 Å². The van der Waals surface area contributed by atoms with Gasteiger partial charge >= 0.3 is 17.9 Å². The van der Waals surface area contributed by atoms with Crippen LogP contribution in [0.1, 0.15) is 108 Å². The summed E-state index contributed by atoms with van der Waals surface area (Å²) in [5.74, 6) is -2.77. The maximum atomic E-state index is 13.0. The Bertz CT molecular complexity index is 1910. The highest BCUT2D eigenvalue weighted by atomic mass is 16.6. The van der Waals surface area contributed by atoms with Crippen LogP contribution in [-0.2, 0) is 38.2 Å². The minimum atomic E-state index is -1.09. The molecule has 9 heteroatoms. The minimum Gasteiger partial charge on any atom is -0.481 e. The van der Waals surface area contributed by atoms with Crippen molar-refractivity contribution in [1.29, 1.82) is 0 Å². The average Bonchev–Trinajstić information content (AvgIpc) is 3.12. The number of allylic oxidation sites excluding steroid dienone is 20. The van der Waals surface area contributed by atoms with E-state index in [1.165, 1.54) is 0 Å². The molecule has 0 aromatic carbocycles. The largest absolute Gasteiger partial charge is 0.481 e. The van der Waals surface area contributed by atoms with Gasteiger partial charge in [-0.05, 0) is 74.7 Å². The highest BCUT2D eigenvalue weighted by Crippen LogP contribution is 2.42. The molecule has 0 bridgehead atoms. The molecule has 2 unspecified atom stereocenters. The molecule has 1 N–H and O–H groups in total. The van der Waals surface area contributed by atoms with E-state index in [0.29, 0.717) is 30.3 Å². The van der Waals surface area contributed by atoms with Gasteiger partial charge in [0.15, 0.2) is 23.8 Å². The van der Waals surface area contributed by atoms with Gasteiger partial charge in [-0.25, -0.2) is 0 Å². The van der Waals surface area contributed by atoms with E-state index in [4.69, 9.17) is 14.6 Å². The van der Waals surface area contributed by atoms with Crippen LogP contribution in [0.5, 0.6) is 0 Å². The lowest BCUT2D eigenvalue weighted by Crippen LogP contribution is -2.39. The van der Waals surface area contributed by atoms with Crippen LogP contribution in [0.2, 0.25) is 0 Å². The number of carbonyl (C=O) groups is 6. The topological polar surface area (TPSA) is 141 Å². The summed E-state index contributed by atoms with van der Waals surface area (Å²) >= 11 is 0. The summed E-state index contributed by atoms with van der Waals surface area (Å²) in [5.41, 5.74) is 6.23. The van der Waals surface area contributed by atoms with Gasteiger partial charge in [-0.15, -0.1) is 0 Å². The summed E-state index contributed by atoms with van der Waals surface area (Å²) in [6, 6.07) is 0. The first kappa shape index (κ1) is 47.7. The third-order valence-corrected chi connectivity index (χ3v) is 9.83. The molecule has 0 fully saturated rings. The zero-order valence-electron chi connectivity index (χ0n) is 35.3. The molecule has 2 atom stereocenters. The molecule has 0 heterocycles. The van der Waals surface area contributed by atoms with Gasteiger partial charge in [0.05, 0.1) is 19.3 Å². The van der Waals surface area contributed by atoms with Gasteiger partial charge in [-0.1, -0.05) is 135 Å². The Labute approximate surface area is 338 Å². The van der Waals surface area contributed by atoms with E-state index in [1.807, 2.05) is 140 Å². The lowest BCUT2D eigenvalue weighted by Gasteiger charge is -2.36. The molecule has 306 valence electrons. The van der Waals surface area contributed by atoms with Crippen LogP contribution in [0.25, 0.3) is 0 Å². The SMILES string of the molecule is CC1=C(/C=C/C(C)=C/C=C/C(C)=C/C=C/C=C(C)/C=C/C=C(C)/C=C/C2=C(C)C(=O)C(OC(=O)CCC(=O)O)CC2(C)C)C(C)(C)CC(OC(=O)CCC=O)C1=O. The van der Waals surface area contributed by atoms with E-state index in [0.717, 1.165) is 33.4 Å². The van der Waals surface area contributed by atoms with Gasteiger partial charge in [0.2, 0.25) is 0 Å². The molecule has 0 radical (unpaired) electrons. The molecular formula is C48H60O9. The second-order valence-corrected chi connectivity index (χ2v) is 16.0. The van der Waals surface area contributed by atoms with E-state index in [9.17, 15) is 28.8 Å². The second-order valence-electron chi connectivity index (χ2n) is 16.0. The van der Waals surface area contributed by atoms with Crippen LogP contribution >= 0.6 is 0 Å². The zero-order chi connectivity index (χ0) is 42.9. The summed E-state index contributed by atoms with van der Waals surface area (Å²) in [6.07, 6.45) is 26.8. The Morgan fingerprint density at radius 3 is 1.37 bits per heavy atom. The molecule has 2 rings (SSSR count). The monoisotopic (exact) mass is 780 g/mol. The quantitative estimate of drug-likeness (QED) is 0.0817. The van der Waals surface area contributed by atoms with E-state index in [1.54, 1.807) is 13.8 Å². The molecule has 0 amide bonds. The summed E-state index contributed by atoms with van der Waals surface area (Å²) < 4.78 is 10.8. The predicted molar refractivity (Wildman–Crippen MR) is 225 cm³/mol. The molecule has 9 nitrogen and oxygen atoms in total. The van der Waals surface area contributed by atoms with Crippen molar-refractivity contribution in [3.63, 3.8) is 0 Å². The van der Waals surface area contributed by atoms with Crippen LogP contribution in [0.15, 0.2) is 130 Å². The number of aliphatic carboxylic acids is 1. The van der Waals surface area contributed by atoms with Gasteiger partial charge in [0.25, 0.3) is 0 Å². The molecule has 0 aromatic heterocycles. The maximum Gasteiger partial charge on any atom is 0.307 e. The molecule has 0 spiro atoms. The lowest BCUT2D eigenvalue weighted by molar-refractivity contribution is -0.157. The Morgan fingerprint density at radius 2 is 0.982 bits per heavy atom. The summed E-state index contributed by atoms with van der Waals surface area (Å²) in [5, 5.41) is 8.81. The van der Waals surface area contributed by atoms with Gasteiger partial charge in [0, 0.05) is 19.3 Å². The third kappa shape index (κ3) is 15.9. The second kappa shape index (κ2) is 22.3. The van der Waals surface area contributed by atoms with Gasteiger partial charge in [0.1, 0.15) is 6.29 Å².